The van der Waals surface area contributed by atoms with Crippen LogP contribution in [0.3, 0.4) is 0 Å². The van der Waals surface area contributed by atoms with E-state index in [1.165, 1.54) is 0 Å². The SMILES string of the molecule is O=[Si]([O-])[O-].[Mg+2].[Mn]. The Balaban J connectivity index is -0.0000000450. The van der Waals surface area contributed by atoms with E-state index in [0.29, 0.717) is 0 Å². The van der Waals surface area contributed by atoms with E-state index in [1.54, 1.807) is 0 Å². The van der Waals surface area contributed by atoms with Gasteiger partial charge in [-0.2, -0.15) is 0 Å². The predicted molar refractivity (Wildman–Crippen MR) is 12.2 cm³/mol. The van der Waals surface area contributed by atoms with Crippen LogP contribution in [-0.4, -0.2) is 32.2 Å². The maximum atomic E-state index is 8.52. The van der Waals surface area contributed by atoms with Crippen molar-refractivity contribution in [2.24, 2.45) is 0 Å². The van der Waals surface area contributed by atoms with E-state index in [-0.39, 0.29) is 40.1 Å². The normalized spacial score (nSPS) is 4.00. The Kier molecular flexibility index (Phi) is 24.5. The van der Waals surface area contributed by atoms with Crippen molar-refractivity contribution in [1.82, 2.24) is 0 Å². The molecule has 0 aromatic heterocycles. The van der Waals surface area contributed by atoms with Crippen LogP contribution in [0.2, 0.25) is 0 Å². The predicted octanol–water partition coefficient (Wildman–Crippen LogP) is -3.26. The summed E-state index contributed by atoms with van der Waals surface area (Å²) >= 11 is 0. The quantitative estimate of drug-likeness (QED) is 0.345. The minimum absolute atomic E-state index is 0. The smallest absolute Gasteiger partial charge is 0.672 e. The molecule has 0 fully saturated rings. The molecular formula is MgMnO3Si. The van der Waals surface area contributed by atoms with Crippen LogP contribution in [0.25, 0.3) is 0 Å². The molecular weight excluding hydrogens is 155 g/mol. The molecule has 0 N–H and O–H groups in total. The summed E-state index contributed by atoms with van der Waals surface area (Å²) in [6, 6.07) is 0. The van der Waals surface area contributed by atoms with Gasteiger partial charge in [-0.25, -0.2) is 0 Å². The molecule has 0 aromatic carbocycles. The summed E-state index contributed by atoms with van der Waals surface area (Å²) in [4.78, 5) is 17.0. The maximum absolute atomic E-state index is 8.52. The molecule has 6 heteroatoms. The van der Waals surface area contributed by atoms with E-state index >= 15 is 0 Å². The zero-order chi connectivity index (χ0) is 3.58. The Bertz CT molecular complexity index is 33.8. The average Bonchev–Trinajstić information content (AvgIpc) is 0.811. The van der Waals surface area contributed by atoms with Gasteiger partial charge in [-0.1, -0.05) is 0 Å². The fourth-order valence-corrected chi connectivity index (χ4v) is 0. The largest absolute Gasteiger partial charge is 2.00 e. The second-order valence-corrected chi connectivity index (χ2v) is 0.750. The van der Waals surface area contributed by atoms with E-state index in [4.69, 9.17) is 14.1 Å². The molecule has 0 heterocycles. The van der Waals surface area contributed by atoms with Crippen molar-refractivity contribution in [2.45, 2.75) is 0 Å². The summed E-state index contributed by atoms with van der Waals surface area (Å²) < 4.78 is 8.52. The van der Waals surface area contributed by atoms with Crippen LogP contribution >= 0.6 is 0 Å². The summed E-state index contributed by atoms with van der Waals surface area (Å²) in [5.74, 6) is 0. The molecule has 0 atom stereocenters. The summed E-state index contributed by atoms with van der Waals surface area (Å²) in [5.41, 5.74) is 0. The summed E-state index contributed by atoms with van der Waals surface area (Å²) in [6.45, 7) is 0. The third-order valence-corrected chi connectivity index (χ3v) is 0. The molecule has 0 unspecified atom stereocenters. The number of hydrogen-bond donors (Lipinski definition) is 0. The van der Waals surface area contributed by atoms with Crippen molar-refractivity contribution < 1.29 is 31.1 Å². The minimum Gasteiger partial charge on any atom is -0.672 e. The van der Waals surface area contributed by atoms with Crippen LogP contribution in [0.15, 0.2) is 0 Å². The molecule has 31 valence electrons. The third kappa shape index (κ3) is 91.7. The fraction of sp³-hybridized carbons (Fsp3) is 0. The monoisotopic (exact) mass is 155 g/mol. The number of rotatable bonds is 0. The van der Waals surface area contributed by atoms with E-state index in [2.05, 4.69) is 0 Å². The van der Waals surface area contributed by atoms with E-state index in [1.807, 2.05) is 0 Å². The molecule has 0 aliphatic heterocycles. The average molecular weight is 155 g/mol. The zero-order valence-electron chi connectivity index (χ0n) is 2.81. The second kappa shape index (κ2) is 9.32. The van der Waals surface area contributed by atoms with Gasteiger partial charge in [0.1, 0.15) is 0 Å². The Morgan fingerprint density at radius 3 is 1.33 bits per heavy atom. The molecule has 3 nitrogen and oxygen atoms in total. The molecule has 0 saturated carbocycles. The summed E-state index contributed by atoms with van der Waals surface area (Å²) in [5, 5.41) is 0. The number of hydrogen-bond acceptors (Lipinski definition) is 3. The van der Waals surface area contributed by atoms with Crippen molar-refractivity contribution in [1.29, 1.82) is 0 Å². The van der Waals surface area contributed by atoms with Gasteiger partial charge in [-0.3, -0.25) is 0 Å². The van der Waals surface area contributed by atoms with Gasteiger partial charge in [-0.05, 0) is 0 Å². The van der Waals surface area contributed by atoms with Crippen LogP contribution in [0.1, 0.15) is 0 Å². The van der Waals surface area contributed by atoms with Gasteiger partial charge >= 0.3 is 23.1 Å². The summed E-state index contributed by atoms with van der Waals surface area (Å²) in [7, 11) is -3.63. The molecule has 0 amide bonds. The van der Waals surface area contributed by atoms with Crippen LogP contribution in [0.4, 0.5) is 0 Å². The van der Waals surface area contributed by atoms with Crippen LogP contribution in [0, 0.1) is 0 Å². The Morgan fingerprint density at radius 2 is 1.33 bits per heavy atom. The van der Waals surface area contributed by atoms with Gasteiger partial charge in [0.15, 0.2) is 0 Å². The molecule has 0 rings (SSSR count). The first-order chi connectivity index (χ1) is 1.73. The summed E-state index contributed by atoms with van der Waals surface area (Å²) in [6.07, 6.45) is 0. The van der Waals surface area contributed by atoms with Crippen LogP contribution < -0.4 is 9.59 Å². The van der Waals surface area contributed by atoms with Crippen molar-refractivity contribution >= 4 is 32.2 Å². The minimum atomic E-state index is -3.63. The fourth-order valence-electron chi connectivity index (χ4n) is 0. The van der Waals surface area contributed by atoms with Gasteiger partial charge < -0.3 is 14.1 Å². The Labute approximate surface area is 63.3 Å². The topological polar surface area (TPSA) is 63.2 Å². The molecule has 0 aromatic rings. The molecule has 0 aliphatic rings. The van der Waals surface area contributed by atoms with Gasteiger partial charge in [0.25, 0.3) is 0 Å². The Morgan fingerprint density at radius 1 is 1.33 bits per heavy atom. The molecule has 0 spiro atoms. The molecule has 6 heavy (non-hydrogen) atoms. The molecule has 0 aliphatic carbocycles. The molecule has 0 bridgehead atoms. The molecule has 1 radical (unpaired) electrons. The van der Waals surface area contributed by atoms with Crippen molar-refractivity contribution in [2.75, 3.05) is 0 Å². The van der Waals surface area contributed by atoms with Crippen molar-refractivity contribution in [3.05, 3.63) is 0 Å². The second-order valence-electron chi connectivity index (χ2n) is 0.250. The van der Waals surface area contributed by atoms with E-state index in [0.717, 1.165) is 0 Å². The van der Waals surface area contributed by atoms with Gasteiger partial charge in [0.2, 0.25) is 0 Å². The first-order valence-electron chi connectivity index (χ1n) is 0.612. The van der Waals surface area contributed by atoms with Gasteiger partial charge in [0, 0.05) is 26.2 Å². The third-order valence-electron chi connectivity index (χ3n) is 0. The van der Waals surface area contributed by atoms with Crippen molar-refractivity contribution in [3.63, 3.8) is 0 Å². The standard InChI is InChI=1S/Mg.Mn.O3Si/c;;1-4(2)3/q+2;;-2. The van der Waals surface area contributed by atoms with Crippen LogP contribution in [0.5, 0.6) is 0 Å². The zero-order valence-corrected chi connectivity index (χ0v) is 6.40. The van der Waals surface area contributed by atoms with Crippen LogP contribution in [-0.2, 0) is 21.5 Å². The van der Waals surface area contributed by atoms with Gasteiger partial charge in [-0.15, -0.1) is 0 Å². The first kappa shape index (κ1) is 15.8. The van der Waals surface area contributed by atoms with Gasteiger partial charge in [0.05, 0.1) is 0 Å². The van der Waals surface area contributed by atoms with E-state index in [9.17, 15) is 0 Å². The maximum Gasteiger partial charge on any atom is 2.00 e. The Hall–Kier alpha value is 0.903. The molecule has 0 saturated heterocycles. The van der Waals surface area contributed by atoms with E-state index < -0.39 is 9.17 Å². The van der Waals surface area contributed by atoms with Crippen molar-refractivity contribution in [3.8, 4) is 0 Å². The first-order valence-corrected chi connectivity index (χ1v) is 1.84.